The third-order valence-corrected chi connectivity index (χ3v) is 4.26. The second kappa shape index (κ2) is 9.02. The predicted molar refractivity (Wildman–Crippen MR) is 93.7 cm³/mol. The summed E-state index contributed by atoms with van der Waals surface area (Å²) in [6.45, 7) is 1.63. The number of ether oxygens (including phenoxy) is 1. The van der Waals surface area contributed by atoms with Crippen LogP contribution in [0.5, 0.6) is 5.75 Å². The van der Waals surface area contributed by atoms with Gasteiger partial charge >= 0.3 is 0 Å². The summed E-state index contributed by atoms with van der Waals surface area (Å²) in [5.74, 6) is -2.25. The lowest BCUT2D eigenvalue weighted by molar-refractivity contribution is -0.305. The Labute approximate surface area is 156 Å². The van der Waals surface area contributed by atoms with Crippen LogP contribution in [0, 0.1) is 5.92 Å². The molecule has 146 valence electrons. The van der Waals surface area contributed by atoms with Crippen LogP contribution in [0.1, 0.15) is 19.8 Å². The SMILES string of the molecule is COc1ccc(N2C[C@@H](C(=O)N[C@@H](C)C(=O)NCCC(=O)[O-])CC2=O)cc1. The summed E-state index contributed by atoms with van der Waals surface area (Å²) < 4.78 is 5.08. The predicted octanol–water partition coefficient (Wildman–Crippen LogP) is -1.19. The van der Waals surface area contributed by atoms with Crippen molar-refractivity contribution in [3.8, 4) is 5.75 Å². The van der Waals surface area contributed by atoms with Gasteiger partial charge in [0.25, 0.3) is 0 Å². The molecular formula is C18H22N3O6-. The number of nitrogens with zero attached hydrogens (tertiary/aromatic N) is 1. The number of carboxylic acid groups (broad SMARTS) is 1. The first-order chi connectivity index (χ1) is 12.8. The van der Waals surface area contributed by atoms with Crippen molar-refractivity contribution in [1.82, 2.24) is 10.6 Å². The standard InChI is InChI=1S/C18H23N3O6/c1-11(17(25)19-8-7-16(23)24)20-18(26)12-9-15(22)21(10-12)13-3-5-14(27-2)6-4-13/h3-6,11-12H,7-10H2,1-2H3,(H,19,25)(H,20,26)(H,23,24)/p-1/t11-,12-/m0/s1. The van der Waals surface area contributed by atoms with Crippen LogP contribution in [0.25, 0.3) is 0 Å². The van der Waals surface area contributed by atoms with Crippen molar-refractivity contribution in [3.63, 3.8) is 0 Å². The molecule has 9 nitrogen and oxygen atoms in total. The Morgan fingerprint density at radius 3 is 2.56 bits per heavy atom. The monoisotopic (exact) mass is 376 g/mol. The van der Waals surface area contributed by atoms with Crippen molar-refractivity contribution in [3.05, 3.63) is 24.3 Å². The number of hydrogen-bond acceptors (Lipinski definition) is 6. The number of anilines is 1. The molecule has 0 spiro atoms. The van der Waals surface area contributed by atoms with Crippen LogP contribution in [0.15, 0.2) is 24.3 Å². The number of nitrogens with one attached hydrogen (secondary N) is 2. The molecule has 0 bridgehead atoms. The molecule has 3 amide bonds. The van der Waals surface area contributed by atoms with Gasteiger partial charge in [-0.1, -0.05) is 0 Å². The minimum Gasteiger partial charge on any atom is -0.550 e. The summed E-state index contributed by atoms with van der Waals surface area (Å²) in [6, 6.07) is 6.10. The zero-order chi connectivity index (χ0) is 20.0. The van der Waals surface area contributed by atoms with Gasteiger partial charge in [0.15, 0.2) is 0 Å². The van der Waals surface area contributed by atoms with E-state index in [1.54, 1.807) is 31.4 Å². The summed E-state index contributed by atoms with van der Waals surface area (Å²) in [6.07, 6.45) is -0.253. The van der Waals surface area contributed by atoms with Crippen molar-refractivity contribution in [2.45, 2.75) is 25.8 Å². The smallest absolute Gasteiger partial charge is 0.242 e. The fourth-order valence-corrected chi connectivity index (χ4v) is 2.73. The molecule has 9 heteroatoms. The first-order valence-electron chi connectivity index (χ1n) is 8.54. The van der Waals surface area contributed by atoms with Crippen LogP contribution >= 0.6 is 0 Å². The zero-order valence-electron chi connectivity index (χ0n) is 15.2. The normalized spacial score (nSPS) is 17.3. The van der Waals surface area contributed by atoms with E-state index in [4.69, 9.17) is 4.74 Å². The fourth-order valence-electron chi connectivity index (χ4n) is 2.73. The molecule has 2 rings (SSSR count). The number of hydrogen-bond donors (Lipinski definition) is 2. The molecule has 1 saturated heterocycles. The van der Waals surface area contributed by atoms with E-state index in [9.17, 15) is 24.3 Å². The van der Waals surface area contributed by atoms with Gasteiger partial charge in [0, 0.05) is 37.6 Å². The van der Waals surface area contributed by atoms with Crippen LogP contribution in [0.2, 0.25) is 0 Å². The van der Waals surface area contributed by atoms with Crippen LogP contribution < -0.4 is 25.4 Å². The van der Waals surface area contributed by atoms with Crippen molar-refractivity contribution >= 4 is 29.4 Å². The number of aliphatic carboxylic acids is 1. The minimum atomic E-state index is -1.27. The molecule has 0 aliphatic carbocycles. The molecule has 2 atom stereocenters. The largest absolute Gasteiger partial charge is 0.550 e. The van der Waals surface area contributed by atoms with E-state index in [-0.39, 0.29) is 31.8 Å². The van der Waals surface area contributed by atoms with E-state index in [0.717, 1.165) is 0 Å². The van der Waals surface area contributed by atoms with Crippen LogP contribution in [0.4, 0.5) is 5.69 Å². The number of carbonyl (C=O) groups excluding carboxylic acids is 4. The maximum atomic E-state index is 12.4. The third-order valence-electron chi connectivity index (χ3n) is 4.26. The molecule has 1 aliphatic rings. The molecule has 2 N–H and O–H groups in total. The maximum Gasteiger partial charge on any atom is 0.242 e. The van der Waals surface area contributed by atoms with E-state index in [2.05, 4.69) is 10.6 Å². The van der Waals surface area contributed by atoms with E-state index >= 15 is 0 Å². The number of carboxylic acids is 1. The molecule has 0 radical (unpaired) electrons. The molecule has 0 saturated carbocycles. The molecule has 0 unspecified atom stereocenters. The summed E-state index contributed by atoms with van der Waals surface area (Å²) in [4.78, 5) is 48.3. The lowest BCUT2D eigenvalue weighted by Gasteiger charge is -2.18. The van der Waals surface area contributed by atoms with E-state index in [1.165, 1.54) is 11.8 Å². The van der Waals surface area contributed by atoms with E-state index in [1.807, 2.05) is 0 Å². The van der Waals surface area contributed by atoms with E-state index in [0.29, 0.717) is 11.4 Å². The van der Waals surface area contributed by atoms with Gasteiger partial charge in [-0.2, -0.15) is 0 Å². The van der Waals surface area contributed by atoms with Gasteiger partial charge < -0.3 is 30.2 Å². The highest BCUT2D eigenvalue weighted by molar-refractivity contribution is 6.01. The molecular weight excluding hydrogens is 354 g/mol. The van der Waals surface area contributed by atoms with Crippen molar-refractivity contribution < 1.29 is 29.0 Å². The Bertz CT molecular complexity index is 718. The maximum absolute atomic E-state index is 12.4. The number of methoxy groups -OCH3 is 1. The summed E-state index contributed by atoms with van der Waals surface area (Å²) in [5, 5.41) is 15.3. The van der Waals surface area contributed by atoms with Gasteiger partial charge in [0.05, 0.1) is 13.0 Å². The molecule has 27 heavy (non-hydrogen) atoms. The van der Waals surface area contributed by atoms with Crippen molar-refractivity contribution in [1.29, 1.82) is 0 Å². The zero-order valence-corrected chi connectivity index (χ0v) is 15.2. The lowest BCUT2D eigenvalue weighted by Crippen LogP contribution is -2.47. The summed E-state index contributed by atoms with van der Waals surface area (Å²) in [5.41, 5.74) is 0.671. The minimum absolute atomic E-state index is 0.0525. The second-order valence-corrected chi connectivity index (χ2v) is 6.25. The molecule has 0 aromatic heterocycles. The Hall–Kier alpha value is -3.10. The van der Waals surface area contributed by atoms with Crippen LogP contribution in [0.3, 0.4) is 0 Å². The highest BCUT2D eigenvalue weighted by Gasteiger charge is 2.36. The Morgan fingerprint density at radius 1 is 1.30 bits per heavy atom. The van der Waals surface area contributed by atoms with Gasteiger partial charge in [-0.3, -0.25) is 14.4 Å². The molecule has 1 aliphatic heterocycles. The van der Waals surface area contributed by atoms with Gasteiger partial charge in [-0.15, -0.1) is 0 Å². The number of benzene rings is 1. The third kappa shape index (κ3) is 5.44. The molecule has 1 fully saturated rings. The highest BCUT2D eigenvalue weighted by Crippen LogP contribution is 2.26. The topological polar surface area (TPSA) is 128 Å². The first kappa shape index (κ1) is 20.2. The Morgan fingerprint density at radius 2 is 1.96 bits per heavy atom. The fraction of sp³-hybridized carbons (Fsp3) is 0.444. The van der Waals surface area contributed by atoms with Crippen molar-refractivity contribution in [2.24, 2.45) is 5.92 Å². The molecule has 1 heterocycles. The average molecular weight is 376 g/mol. The summed E-state index contributed by atoms with van der Waals surface area (Å²) in [7, 11) is 1.55. The van der Waals surface area contributed by atoms with Gasteiger partial charge in [0.1, 0.15) is 11.8 Å². The molecule has 1 aromatic rings. The number of rotatable bonds is 8. The summed E-state index contributed by atoms with van der Waals surface area (Å²) >= 11 is 0. The van der Waals surface area contributed by atoms with Crippen molar-refractivity contribution in [2.75, 3.05) is 25.1 Å². The van der Waals surface area contributed by atoms with Gasteiger partial charge in [-0.05, 0) is 31.2 Å². The van der Waals surface area contributed by atoms with Gasteiger partial charge in [0.2, 0.25) is 17.7 Å². The quantitative estimate of drug-likeness (QED) is 0.587. The Kier molecular flexibility index (Phi) is 6.75. The molecule has 1 aromatic carbocycles. The Balaban J connectivity index is 1.88. The van der Waals surface area contributed by atoms with E-state index < -0.39 is 29.7 Å². The average Bonchev–Trinajstić information content (AvgIpc) is 3.03. The number of amides is 3. The van der Waals surface area contributed by atoms with Gasteiger partial charge in [-0.25, -0.2) is 0 Å². The second-order valence-electron chi connectivity index (χ2n) is 6.25. The first-order valence-corrected chi connectivity index (χ1v) is 8.54. The van der Waals surface area contributed by atoms with Crippen LogP contribution in [-0.4, -0.2) is 49.9 Å². The lowest BCUT2D eigenvalue weighted by atomic mass is 10.1. The number of carbonyl (C=O) groups is 4. The van der Waals surface area contributed by atoms with Crippen LogP contribution in [-0.2, 0) is 19.2 Å². The highest BCUT2D eigenvalue weighted by atomic mass is 16.5.